The molecule has 0 unspecified atom stereocenters. The molecule has 0 spiro atoms. The molecule has 0 aliphatic heterocycles. The quantitative estimate of drug-likeness (QED) is 0.829. The molecule has 0 radical (unpaired) electrons. The minimum atomic E-state index is 0.120. The highest BCUT2D eigenvalue weighted by Crippen LogP contribution is 2.11. The van der Waals surface area contributed by atoms with Crippen molar-refractivity contribution in [2.24, 2.45) is 0 Å². The van der Waals surface area contributed by atoms with Crippen LogP contribution in [0.1, 0.15) is 32.9 Å². The van der Waals surface area contributed by atoms with E-state index in [9.17, 15) is 0 Å². The molecule has 1 heterocycles. The van der Waals surface area contributed by atoms with Gasteiger partial charge in [0.1, 0.15) is 5.82 Å². The van der Waals surface area contributed by atoms with Gasteiger partial charge in [-0.05, 0) is 60.0 Å². The fourth-order valence-electron chi connectivity index (χ4n) is 1.87. The van der Waals surface area contributed by atoms with Crippen molar-refractivity contribution in [1.29, 1.82) is 0 Å². The molecule has 0 saturated carbocycles. The fourth-order valence-corrected chi connectivity index (χ4v) is 1.87. The fraction of sp³-hybridized carbons (Fsp3) is 0.688. The highest BCUT2D eigenvalue weighted by atomic mass is 15.2. The Bertz CT molecular complexity index is 396. The first-order chi connectivity index (χ1) is 9.28. The number of hydrogen-bond acceptors (Lipinski definition) is 4. The van der Waals surface area contributed by atoms with Gasteiger partial charge in [0.2, 0.25) is 0 Å². The summed E-state index contributed by atoms with van der Waals surface area (Å²) in [6.45, 7) is 9.46. The van der Waals surface area contributed by atoms with Crippen LogP contribution in [0.2, 0.25) is 0 Å². The maximum Gasteiger partial charge on any atom is 0.128 e. The summed E-state index contributed by atoms with van der Waals surface area (Å²) in [6.07, 6.45) is 1.15. The number of aromatic nitrogens is 1. The molecule has 1 aromatic heterocycles. The number of anilines is 1. The summed E-state index contributed by atoms with van der Waals surface area (Å²) >= 11 is 0. The second kappa shape index (κ2) is 7.60. The van der Waals surface area contributed by atoms with Crippen molar-refractivity contribution in [1.82, 2.24) is 15.2 Å². The van der Waals surface area contributed by atoms with Crippen molar-refractivity contribution < 1.29 is 0 Å². The standard InChI is InChI=1S/C16H30N4/c1-16(2,3)17-13-14-9-7-10-15(18-14)20(6)12-8-11-19(4)5/h7,9-10,17H,8,11-13H2,1-6H3. The number of nitrogens with zero attached hydrogens (tertiary/aromatic N) is 3. The zero-order valence-electron chi connectivity index (χ0n) is 13.9. The topological polar surface area (TPSA) is 31.4 Å². The van der Waals surface area contributed by atoms with E-state index >= 15 is 0 Å². The van der Waals surface area contributed by atoms with Gasteiger partial charge < -0.3 is 15.1 Å². The molecule has 0 aliphatic rings. The van der Waals surface area contributed by atoms with Gasteiger partial charge in [0.25, 0.3) is 0 Å². The van der Waals surface area contributed by atoms with E-state index in [1.54, 1.807) is 0 Å². The van der Waals surface area contributed by atoms with Gasteiger partial charge in [0, 0.05) is 25.7 Å². The lowest BCUT2D eigenvalue weighted by molar-refractivity contribution is 0.401. The normalized spacial score (nSPS) is 11.9. The van der Waals surface area contributed by atoms with Crippen LogP contribution in [0.3, 0.4) is 0 Å². The van der Waals surface area contributed by atoms with E-state index < -0.39 is 0 Å². The Hall–Kier alpha value is -1.13. The second-order valence-electron chi connectivity index (χ2n) is 6.67. The first kappa shape index (κ1) is 16.9. The average Bonchev–Trinajstić information content (AvgIpc) is 2.35. The maximum atomic E-state index is 4.72. The van der Waals surface area contributed by atoms with E-state index in [4.69, 9.17) is 4.98 Å². The molecule has 1 rings (SSSR count). The van der Waals surface area contributed by atoms with Crippen LogP contribution in [0.5, 0.6) is 0 Å². The Morgan fingerprint density at radius 3 is 2.40 bits per heavy atom. The van der Waals surface area contributed by atoms with Crippen LogP contribution in [-0.2, 0) is 6.54 Å². The van der Waals surface area contributed by atoms with Gasteiger partial charge >= 0.3 is 0 Å². The molecule has 4 heteroatoms. The van der Waals surface area contributed by atoms with Crippen molar-refractivity contribution in [3.63, 3.8) is 0 Å². The third kappa shape index (κ3) is 6.87. The smallest absolute Gasteiger partial charge is 0.128 e. The first-order valence-electron chi connectivity index (χ1n) is 7.35. The van der Waals surface area contributed by atoms with Crippen LogP contribution >= 0.6 is 0 Å². The number of hydrogen-bond donors (Lipinski definition) is 1. The molecule has 0 fully saturated rings. The summed E-state index contributed by atoms with van der Waals surface area (Å²) in [5.41, 5.74) is 1.21. The van der Waals surface area contributed by atoms with Gasteiger partial charge in [-0.2, -0.15) is 0 Å². The van der Waals surface area contributed by atoms with Gasteiger partial charge in [-0.25, -0.2) is 4.98 Å². The first-order valence-corrected chi connectivity index (χ1v) is 7.35. The maximum absolute atomic E-state index is 4.72. The van der Waals surface area contributed by atoms with Gasteiger partial charge in [-0.3, -0.25) is 0 Å². The molecule has 0 bridgehead atoms. The van der Waals surface area contributed by atoms with Crippen molar-refractivity contribution in [3.05, 3.63) is 23.9 Å². The molecule has 0 atom stereocenters. The van der Waals surface area contributed by atoms with Gasteiger partial charge in [0.15, 0.2) is 0 Å². The Morgan fingerprint density at radius 1 is 1.10 bits per heavy atom. The molecule has 20 heavy (non-hydrogen) atoms. The lowest BCUT2D eigenvalue weighted by Gasteiger charge is -2.22. The number of rotatable bonds is 7. The number of nitrogens with one attached hydrogen (secondary N) is 1. The minimum absolute atomic E-state index is 0.120. The summed E-state index contributed by atoms with van der Waals surface area (Å²) in [6, 6.07) is 6.25. The van der Waals surface area contributed by atoms with Crippen molar-refractivity contribution in [3.8, 4) is 0 Å². The zero-order valence-corrected chi connectivity index (χ0v) is 13.9. The molecule has 0 aliphatic carbocycles. The summed E-state index contributed by atoms with van der Waals surface area (Å²) in [5.74, 6) is 1.05. The average molecular weight is 278 g/mol. The summed E-state index contributed by atoms with van der Waals surface area (Å²) < 4.78 is 0. The van der Waals surface area contributed by atoms with Crippen LogP contribution in [0.25, 0.3) is 0 Å². The van der Waals surface area contributed by atoms with Gasteiger partial charge in [-0.1, -0.05) is 6.07 Å². The van der Waals surface area contributed by atoms with Crippen LogP contribution in [0.4, 0.5) is 5.82 Å². The van der Waals surface area contributed by atoms with Gasteiger partial charge in [-0.15, -0.1) is 0 Å². The van der Waals surface area contributed by atoms with Crippen molar-refractivity contribution in [2.45, 2.75) is 39.3 Å². The van der Waals surface area contributed by atoms with Crippen LogP contribution in [-0.4, -0.2) is 49.7 Å². The Labute approximate surface area is 124 Å². The Balaban J connectivity index is 2.54. The zero-order chi connectivity index (χ0) is 15.2. The molecule has 0 aromatic carbocycles. The van der Waals surface area contributed by atoms with Crippen LogP contribution in [0, 0.1) is 0 Å². The van der Waals surface area contributed by atoms with Gasteiger partial charge in [0.05, 0.1) is 5.69 Å². The van der Waals surface area contributed by atoms with Crippen molar-refractivity contribution >= 4 is 5.82 Å². The van der Waals surface area contributed by atoms with E-state index in [-0.39, 0.29) is 5.54 Å². The molecule has 0 amide bonds. The van der Waals surface area contributed by atoms with Crippen LogP contribution < -0.4 is 10.2 Å². The Morgan fingerprint density at radius 2 is 1.80 bits per heavy atom. The van der Waals surface area contributed by atoms with E-state index in [2.05, 4.69) is 75.2 Å². The molecule has 1 aromatic rings. The van der Waals surface area contributed by atoms with E-state index in [1.807, 2.05) is 0 Å². The monoisotopic (exact) mass is 278 g/mol. The minimum Gasteiger partial charge on any atom is -0.360 e. The summed E-state index contributed by atoms with van der Waals surface area (Å²) in [4.78, 5) is 9.16. The Kier molecular flexibility index (Phi) is 6.43. The SMILES string of the molecule is CN(C)CCCN(C)c1cccc(CNC(C)(C)C)n1. The predicted octanol–water partition coefficient (Wildman–Crippen LogP) is 2.36. The number of pyridine rings is 1. The highest BCUT2D eigenvalue weighted by Gasteiger charge is 2.09. The van der Waals surface area contributed by atoms with E-state index in [1.165, 1.54) is 0 Å². The summed E-state index contributed by atoms with van der Waals surface area (Å²) in [7, 11) is 6.33. The molecular formula is C16H30N4. The molecule has 0 saturated heterocycles. The molecule has 1 N–H and O–H groups in total. The lowest BCUT2D eigenvalue weighted by Crippen LogP contribution is -2.35. The third-order valence-corrected chi connectivity index (χ3v) is 3.08. The summed E-state index contributed by atoms with van der Waals surface area (Å²) in [5, 5.41) is 3.47. The largest absolute Gasteiger partial charge is 0.360 e. The second-order valence-corrected chi connectivity index (χ2v) is 6.67. The highest BCUT2D eigenvalue weighted by molar-refractivity contribution is 5.38. The van der Waals surface area contributed by atoms with Crippen molar-refractivity contribution in [2.75, 3.05) is 39.1 Å². The van der Waals surface area contributed by atoms with Crippen LogP contribution in [0.15, 0.2) is 18.2 Å². The molecule has 114 valence electrons. The van der Waals surface area contributed by atoms with E-state index in [0.717, 1.165) is 37.6 Å². The predicted molar refractivity (Wildman–Crippen MR) is 87.3 cm³/mol. The third-order valence-electron chi connectivity index (χ3n) is 3.08. The lowest BCUT2D eigenvalue weighted by atomic mass is 10.1. The molecule has 4 nitrogen and oxygen atoms in total. The van der Waals surface area contributed by atoms with E-state index in [0.29, 0.717) is 0 Å². The molecular weight excluding hydrogens is 248 g/mol.